The van der Waals surface area contributed by atoms with Gasteiger partial charge in [0.2, 0.25) is 0 Å². The predicted molar refractivity (Wildman–Crippen MR) is 91.6 cm³/mol. The molecule has 0 aliphatic carbocycles. The number of nitrogens with one attached hydrogen (secondary N) is 2. The molecule has 2 aromatic heterocycles. The molecule has 3 aromatic rings. The number of H-pyrrole nitrogens is 2. The monoisotopic (exact) mass is 341 g/mol. The Labute approximate surface area is 143 Å². The van der Waals surface area contributed by atoms with Gasteiger partial charge in [-0.3, -0.25) is 4.79 Å². The maximum atomic E-state index is 13.0. The highest BCUT2D eigenvalue weighted by Gasteiger charge is 2.31. The first kappa shape index (κ1) is 15.7. The van der Waals surface area contributed by atoms with E-state index in [2.05, 4.69) is 9.97 Å². The molecule has 0 radical (unpaired) electrons. The molecule has 1 saturated heterocycles. The average molecular weight is 341 g/mol. The molecule has 1 atom stereocenters. The number of carbonyl (C=O) groups is 1. The molecule has 0 saturated carbocycles. The summed E-state index contributed by atoms with van der Waals surface area (Å²) in [6.45, 7) is 3.42. The van der Waals surface area contributed by atoms with E-state index in [1.165, 1.54) is 0 Å². The fourth-order valence-electron chi connectivity index (χ4n) is 3.18. The fourth-order valence-corrected chi connectivity index (χ4v) is 3.18. The zero-order valence-electron chi connectivity index (χ0n) is 13.9. The number of aryl methyl sites for hydroxylation is 1. The minimum absolute atomic E-state index is 0.105. The topological polar surface area (TPSA) is 91.3 Å². The van der Waals surface area contributed by atoms with Crippen LogP contribution in [-0.4, -0.2) is 40.5 Å². The van der Waals surface area contributed by atoms with Gasteiger partial charge in [0.25, 0.3) is 5.91 Å². The second-order valence-electron chi connectivity index (χ2n) is 6.09. The number of ether oxygens (including phenoxy) is 1. The Morgan fingerprint density at radius 1 is 1.24 bits per heavy atom. The van der Waals surface area contributed by atoms with E-state index in [1.54, 1.807) is 23.1 Å². The summed E-state index contributed by atoms with van der Waals surface area (Å²) in [6, 6.07) is 8.75. The van der Waals surface area contributed by atoms with Crippen molar-refractivity contribution in [3.63, 3.8) is 0 Å². The molecule has 1 aromatic carbocycles. The highest BCUT2D eigenvalue weighted by Crippen LogP contribution is 2.28. The minimum Gasteiger partial charge on any atom is -0.464 e. The third-order valence-electron chi connectivity index (χ3n) is 4.51. The van der Waals surface area contributed by atoms with Crippen molar-refractivity contribution in [2.24, 2.45) is 0 Å². The molecular formula is C18H19N3O4. The van der Waals surface area contributed by atoms with Crippen molar-refractivity contribution >= 4 is 16.9 Å². The number of amides is 1. The van der Waals surface area contributed by atoms with Gasteiger partial charge >= 0.3 is 5.69 Å². The number of rotatable bonds is 3. The summed E-state index contributed by atoms with van der Waals surface area (Å²) in [7, 11) is 0. The highest BCUT2D eigenvalue weighted by atomic mass is 16.5. The van der Waals surface area contributed by atoms with Crippen molar-refractivity contribution in [3.8, 4) is 0 Å². The van der Waals surface area contributed by atoms with Crippen LogP contribution in [0.15, 0.2) is 39.5 Å². The van der Waals surface area contributed by atoms with E-state index in [4.69, 9.17) is 9.15 Å². The van der Waals surface area contributed by atoms with Crippen LogP contribution in [0.25, 0.3) is 11.0 Å². The number of imidazole rings is 1. The molecule has 1 aliphatic rings. The predicted octanol–water partition coefficient (Wildman–Crippen LogP) is 2.23. The van der Waals surface area contributed by atoms with Crippen LogP contribution in [-0.2, 0) is 11.2 Å². The Kier molecular flexibility index (Phi) is 3.93. The van der Waals surface area contributed by atoms with Gasteiger partial charge in [0.05, 0.1) is 24.2 Å². The van der Waals surface area contributed by atoms with Crippen molar-refractivity contribution < 1.29 is 13.9 Å². The first-order chi connectivity index (χ1) is 12.2. The minimum atomic E-state index is -0.286. The van der Waals surface area contributed by atoms with Gasteiger partial charge < -0.3 is 24.0 Å². The Morgan fingerprint density at radius 2 is 2.08 bits per heavy atom. The molecule has 1 aliphatic heterocycles. The van der Waals surface area contributed by atoms with Crippen LogP contribution in [0.2, 0.25) is 0 Å². The van der Waals surface area contributed by atoms with E-state index in [0.717, 1.165) is 17.9 Å². The van der Waals surface area contributed by atoms with Crippen LogP contribution in [0.4, 0.5) is 0 Å². The summed E-state index contributed by atoms with van der Waals surface area (Å²) in [6.07, 6.45) is 0.805. The molecule has 7 heteroatoms. The summed E-state index contributed by atoms with van der Waals surface area (Å²) >= 11 is 0. The van der Waals surface area contributed by atoms with Gasteiger partial charge in [0, 0.05) is 18.5 Å². The zero-order chi connectivity index (χ0) is 17.4. The number of nitrogens with zero attached hydrogens (tertiary/aromatic N) is 1. The first-order valence-electron chi connectivity index (χ1n) is 8.35. The molecule has 0 bridgehead atoms. The highest BCUT2D eigenvalue weighted by molar-refractivity contribution is 5.97. The second-order valence-corrected chi connectivity index (χ2v) is 6.09. The number of benzene rings is 1. The zero-order valence-corrected chi connectivity index (χ0v) is 13.9. The number of aromatic nitrogens is 2. The normalized spacial score (nSPS) is 18.0. The van der Waals surface area contributed by atoms with Gasteiger partial charge in [-0.2, -0.15) is 0 Å². The van der Waals surface area contributed by atoms with E-state index in [9.17, 15) is 9.59 Å². The molecule has 4 rings (SSSR count). The maximum Gasteiger partial charge on any atom is 0.323 e. The third kappa shape index (κ3) is 2.87. The molecule has 0 unspecified atom stereocenters. The summed E-state index contributed by atoms with van der Waals surface area (Å²) in [5.41, 5.74) is 1.54. The molecule has 1 amide bonds. The van der Waals surface area contributed by atoms with Crippen LogP contribution >= 0.6 is 0 Å². The Morgan fingerprint density at radius 3 is 2.88 bits per heavy atom. The standard InChI is InChI=1S/C18H19N3O4/c1-2-12-4-6-16(25-12)15-10-24-8-7-21(15)17(22)11-3-5-13-14(9-11)20-18(23)19-13/h3-6,9,15H,2,7-8,10H2,1H3,(H2,19,20,23)/t15-/m1/s1. The second kappa shape index (κ2) is 6.25. The molecule has 3 heterocycles. The van der Waals surface area contributed by atoms with Gasteiger partial charge in [0.15, 0.2) is 0 Å². The van der Waals surface area contributed by atoms with Crippen LogP contribution in [0, 0.1) is 0 Å². The smallest absolute Gasteiger partial charge is 0.323 e. The van der Waals surface area contributed by atoms with Crippen molar-refractivity contribution in [3.05, 3.63) is 57.9 Å². The molecular weight excluding hydrogens is 322 g/mol. The number of carbonyl (C=O) groups excluding carboxylic acids is 1. The van der Waals surface area contributed by atoms with E-state index in [1.807, 2.05) is 19.1 Å². The Bertz CT molecular complexity index is 968. The van der Waals surface area contributed by atoms with Crippen molar-refractivity contribution in [1.82, 2.24) is 14.9 Å². The third-order valence-corrected chi connectivity index (χ3v) is 4.51. The largest absolute Gasteiger partial charge is 0.464 e. The van der Waals surface area contributed by atoms with E-state index < -0.39 is 0 Å². The van der Waals surface area contributed by atoms with Gasteiger partial charge in [-0.05, 0) is 30.3 Å². The van der Waals surface area contributed by atoms with Gasteiger partial charge in [0.1, 0.15) is 17.6 Å². The van der Waals surface area contributed by atoms with E-state index >= 15 is 0 Å². The number of fused-ring (bicyclic) bond motifs is 1. The van der Waals surface area contributed by atoms with Gasteiger partial charge in [-0.15, -0.1) is 0 Å². The van der Waals surface area contributed by atoms with Crippen LogP contribution in [0.3, 0.4) is 0 Å². The Hall–Kier alpha value is -2.80. The van der Waals surface area contributed by atoms with Gasteiger partial charge in [-0.1, -0.05) is 6.92 Å². The van der Waals surface area contributed by atoms with Crippen molar-refractivity contribution in [2.75, 3.05) is 19.8 Å². The number of aromatic amines is 2. The molecule has 7 nitrogen and oxygen atoms in total. The molecule has 2 N–H and O–H groups in total. The quantitative estimate of drug-likeness (QED) is 0.764. The summed E-state index contributed by atoms with van der Waals surface area (Å²) in [4.78, 5) is 31.6. The van der Waals surface area contributed by atoms with Crippen LogP contribution in [0.5, 0.6) is 0 Å². The molecule has 0 spiro atoms. The fraction of sp³-hybridized carbons (Fsp3) is 0.333. The maximum absolute atomic E-state index is 13.0. The summed E-state index contributed by atoms with van der Waals surface area (Å²) in [5.74, 6) is 1.52. The van der Waals surface area contributed by atoms with Crippen molar-refractivity contribution in [1.29, 1.82) is 0 Å². The molecule has 25 heavy (non-hydrogen) atoms. The van der Waals surface area contributed by atoms with E-state index in [-0.39, 0.29) is 17.6 Å². The van der Waals surface area contributed by atoms with Crippen LogP contribution < -0.4 is 5.69 Å². The van der Waals surface area contributed by atoms with Crippen LogP contribution in [0.1, 0.15) is 34.8 Å². The number of morpholine rings is 1. The average Bonchev–Trinajstić information content (AvgIpc) is 3.25. The lowest BCUT2D eigenvalue weighted by Gasteiger charge is -2.34. The first-order valence-corrected chi connectivity index (χ1v) is 8.35. The molecule has 130 valence electrons. The lowest BCUT2D eigenvalue weighted by molar-refractivity contribution is -0.00900. The summed E-state index contributed by atoms with van der Waals surface area (Å²) < 4.78 is 11.4. The summed E-state index contributed by atoms with van der Waals surface area (Å²) in [5, 5.41) is 0. The van der Waals surface area contributed by atoms with Gasteiger partial charge in [-0.25, -0.2) is 4.79 Å². The SMILES string of the molecule is CCc1ccc([C@H]2COCCN2C(=O)c2ccc3[nH]c(=O)[nH]c3c2)o1. The number of furan rings is 1. The van der Waals surface area contributed by atoms with E-state index in [0.29, 0.717) is 36.4 Å². The lowest BCUT2D eigenvalue weighted by Crippen LogP contribution is -2.43. The van der Waals surface area contributed by atoms with Crippen molar-refractivity contribution in [2.45, 2.75) is 19.4 Å². The lowest BCUT2D eigenvalue weighted by atomic mass is 10.1. The number of hydrogen-bond acceptors (Lipinski definition) is 4. The molecule has 1 fully saturated rings. The number of hydrogen-bond donors (Lipinski definition) is 2. The Balaban J connectivity index is 1.66.